The van der Waals surface area contributed by atoms with Gasteiger partial charge in [-0.2, -0.15) is 0 Å². The summed E-state index contributed by atoms with van der Waals surface area (Å²) >= 11 is 6.26. The first-order valence-corrected chi connectivity index (χ1v) is 11.7. The number of carbonyl (C=O) groups is 1. The summed E-state index contributed by atoms with van der Waals surface area (Å²) in [5.74, 6) is 0.145. The number of amides is 1. The Kier molecular flexibility index (Phi) is 6.75. The molecule has 1 amide bonds. The van der Waals surface area contributed by atoms with Crippen LogP contribution in [0.15, 0.2) is 54.6 Å². The van der Waals surface area contributed by atoms with Crippen LogP contribution in [0.5, 0.6) is 0 Å². The van der Waals surface area contributed by atoms with Crippen LogP contribution in [0, 0.1) is 0 Å². The highest BCUT2D eigenvalue weighted by Gasteiger charge is 2.35. The highest BCUT2D eigenvalue weighted by Crippen LogP contribution is 2.21. The van der Waals surface area contributed by atoms with Gasteiger partial charge in [-0.1, -0.05) is 60.1 Å². The van der Waals surface area contributed by atoms with Crippen molar-refractivity contribution < 1.29 is 18.5 Å². The standard InChI is InChI=1S/C21H25ClN2O3S/c1-16(19-9-5-6-10-20(19)22)23-13-21(25)24(14-17-7-3-2-4-8-17)18-11-12-28(26,27)15-18/h2-10,16,18,23H,11-15H2,1H3/p+1/t16-,18-/m1/s1. The normalized spacial score (nSPS) is 19.3. The predicted octanol–water partition coefficient (Wildman–Crippen LogP) is 2.18. The smallest absolute Gasteiger partial charge is 0.278 e. The van der Waals surface area contributed by atoms with Gasteiger partial charge in [-0.3, -0.25) is 4.79 Å². The minimum atomic E-state index is -3.07. The molecule has 1 saturated heterocycles. The number of carbonyl (C=O) groups excluding carboxylic acids is 1. The lowest BCUT2D eigenvalue weighted by molar-refractivity contribution is -0.683. The summed E-state index contributed by atoms with van der Waals surface area (Å²) in [6.07, 6.45) is 0.501. The lowest BCUT2D eigenvalue weighted by atomic mass is 10.1. The van der Waals surface area contributed by atoms with E-state index in [1.165, 1.54) is 0 Å². The Morgan fingerprint density at radius 2 is 1.86 bits per heavy atom. The molecule has 28 heavy (non-hydrogen) atoms. The fraction of sp³-hybridized carbons (Fsp3) is 0.381. The largest absolute Gasteiger partial charge is 0.332 e. The third-order valence-electron chi connectivity index (χ3n) is 5.21. The molecule has 0 saturated carbocycles. The molecule has 150 valence electrons. The van der Waals surface area contributed by atoms with Gasteiger partial charge in [0, 0.05) is 23.2 Å². The molecule has 2 N–H and O–H groups in total. The highest BCUT2D eigenvalue weighted by atomic mass is 35.5. The van der Waals surface area contributed by atoms with Crippen LogP contribution < -0.4 is 5.32 Å². The first-order valence-electron chi connectivity index (χ1n) is 9.47. The molecule has 1 aliphatic heterocycles. The molecular formula is C21H26ClN2O3S+. The monoisotopic (exact) mass is 421 g/mol. The second-order valence-electron chi connectivity index (χ2n) is 7.31. The summed E-state index contributed by atoms with van der Waals surface area (Å²) in [6.45, 7) is 2.68. The number of nitrogens with zero attached hydrogens (tertiary/aromatic N) is 1. The maximum absolute atomic E-state index is 13.0. The molecule has 0 unspecified atom stereocenters. The molecule has 7 heteroatoms. The van der Waals surface area contributed by atoms with Crippen LogP contribution in [-0.4, -0.2) is 43.3 Å². The fourth-order valence-electron chi connectivity index (χ4n) is 3.59. The van der Waals surface area contributed by atoms with Crippen LogP contribution in [0.1, 0.15) is 30.5 Å². The Bertz CT molecular complexity index is 918. The van der Waals surface area contributed by atoms with Crippen LogP contribution in [0.4, 0.5) is 0 Å². The molecule has 0 bridgehead atoms. The van der Waals surface area contributed by atoms with Gasteiger partial charge in [-0.25, -0.2) is 8.42 Å². The van der Waals surface area contributed by atoms with E-state index in [-0.39, 0.29) is 36.0 Å². The van der Waals surface area contributed by atoms with Gasteiger partial charge in [0.05, 0.1) is 11.5 Å². The first-order chi connectivity index (χ1) is 13.4. The number of rotatable bonds is 7. The molecule has 1 aliphatic rings. The molecule has 0 radical (unpaired) electrons. The van der Waals surface area contributed by atoms with Gasteiger partial charge in [-0.15, -0.1) is 0 Å². The van der Waals surface area contributed by atoms with E-state index >= 15 is 0 Å². The molecule has 3 rings (SSSR count). The van der Waals surface area contributed by atoms with Crippen LogP contribution in [0.2, 0.25) is 5.02 Å². The first kappa shape index (κ1) is 20.8. The van der Waals surface area contributed by atoms with Crippen molar-refractivity contribution in [1.82, 2.24) is 4.90 Å². The summed E-state index contributed by atoms with van der Waals surface area (Å²) in [5.41, 5.74) is 1.98. The fourth-order valence-corrected chi connectivity index (χ4v) is 5.63. The van der Waals surface area contributed by atoms with E-state index < -0.39 is 9.84 Å². The summed E-state index contributed by atoms with van der Waals surface area (Å²) in [6, 6.07) is 17.1. The number of hydrogen-bond acceptors (Lipinski definition) is 3. The minimum Gasteiger partial charge on any atom is -0.332 e. The van der Waals surface area contributed by atoms with E-state index in [9.17, 15) is 13.2 Å². The average Bonchev–Trinajstić information content (AvgIpc) is 3.04. The molecule has 1 heterocycles. The molecule has 2 aromatic carbocycles. The molecule has 0 spiro atoms. The number of hydrogen-bond donors (Lipinski definition) is 1. The molecule has 2 atom stereocenters. The van der Waals surface area contributed by atoms with Gasteiger partial charge < -0.3 is 10.2 Å². The maximum Gasteiger partial charge on any atom is 0.278 e. The number of sulfone groups is 1. The lowest BCUT2D eigenvalue weighted by Gasteiger charge is -2.28. The minimum absolute atomic E-state index is 0.0311. The second-order valence-corrected chi connectivity index (χ2v) is 9.95. The molecule has 0 aromatic heterocycles. The van der Waals surface area contributed by atoms with Crippen molar-refractivity contribution >= 4 is 27.3 Å². The van der Waals surface area contributed by atoms with E-state index in [1.807, 2.05) is 66.8 Å². The Hall–Kier alpha value is -1.89. The Morgan fingerprint density at radius 1 is 1.18 bits per heavy atom. The summed E-state index contributed by atoms with van der Waals surface area (Å²) in [7, 11) is -3.07. The highest BCUT2D eigenvalue weighted by molar-refractivity contribution is 7.91. The predicted molar refractivity (Wildman–Crippen MR) is 111 cm³/mol. The van der Waals surface area contributed by atoms with Crippen LogP contribution in [-0.2, 0) is 21.2 Å². The molecule has 0 aliphatic carbocycles. The zero-order valence-electron chi connectivity index (χ0n) is 15.9. The van der Waals surface area contributed by atoms with Crippen molar-refractivity contribution in [2.24, 2.45) is 0 Å². The van der Waals surface area contributed by atoms with Crippen molar-refractivity contribution in [3.63, 3.8) is 0 Å². The zero-order valence-corrected chi connectivity index (χ0v) is 17.5. The van der Waals surface area contributed by atoms with E-state index in [4.69, 9.17) is 11.6 Å². The summed E-state index contributed by atoms with van der Waals surface area (Å²) < 4.78 is 23.9. The van der Waals surface area contributed by atoms with Gasteiger partial charge >= 0.3 is 0 Å². The van der Waals surface area contributed by atoms with Crippen molar-refractivity contribution in [2.75, 3.05) is 18.1 Å². The number of nitrogens with two attached hydrogens (primary N) is 1. The van der Waals surface area contributed by atoms with Crippen molar-refractivity contribution in [2.45, 2.75) is 32.0 Å². The average molecular weight is 422 g/mol. The zero-order chi connectivity index (χ0) is 20.1. The molecule has 5 nitrogen and oxygen atoms in total. The van der Waals surface area contributed by atoms with Gasteiger partial charge in [0.25, 0.3) is 5.91 Å². The Morgan fingerprint density at radius 3 is 2.50 bits per heavy atom. The Balaban J connectivity index is 1.70. The van der Waals surface area contributed by atoms with E-state index in [1.54, 1.807) is 4.90 Å². The van der Waals surface area contributed by atoms with Gasteiger partial charge in [-0.05, 0) is 25.0 Å². The van der Waals surface area contributed by atoms with E-state index in [0.717, 1.165) is 11.1 Å². The van der Waals surface area contributed by atoms with E-state index in [0.29, 0.717) is 18.0 Å². The van der Waals surface area contributed by atoms with Crippen LogP contribution in [0.25, 0.3) is 0 Å². The van der Waals surface area contributed by atoms with Gasteiger partial charge in [0.1, 0.15) is 6.04 Å². The van der Waals surface area contributed by atoms with Crippen LogP contribution in [0.3, 0.4) is 0 Å². The van der Waals surface area contributed by atoms with E-state index in [2.05, 4.69) is 0 Å². The topological polar surface area (TPSA) is 71.1 Å². The maximum atomic E-state index is 13.0. The SMILES string of the molecule is C[C@@H]([NH2+]CC(=O)N(Cc1ccccc1)[C@@H]1CCS(=O)(=O)C1)c1ccccc1Cl. The summed E-state index contributed by atoms with van der Waals surface area (Å²) in [4.78, 5) is 14.8. The second kappa shape index (κ2) is 9.07. The van der Waals surface area contributed by atoms with Gasteiger partial charge in [0.2, 0.25) is 0 Å². The van der Waals surface area contributed by atoms with Crippen molar-refractivity contribution in [1.29, 1.82) is 0 Å². The number of benzene rings is 2. The summed E-state index contributed by atoms with van der Waals surface area (Å²) in [5, 5.41) is 2.63. The quantitative estimate of drug-likeness (QED) is 0.744. The van der Waals surface area contributed by atoms with Crippen molar-refractivity contribution in [3.8, 4) is 0 Å². The Labute approximate surface area is 171 Å². The number of quaternary nitrogens is 1. The van der Waals surface area contributed by atoms with Gasteiger partial charge in [0.15, 0.2) is 16.4 Å². The molecular weight excluding hydrogens is 396 g/mol. The third-order valence-corrected chi connectivity index (χ3v) is 7.30. The van der Waals surface area contributed by atoms with Crippen molar-refractivity contribution in [3.05, 3.63) is 70.7 Å². The lowest BCUT2D eigenvalue weighted by Crippen LogP contribution is -2.87. The van der Waals surface area contributed by atoms with Crippen LogP contribution >= 0.6 is 11.6 Å². The number of halogens is 1. The molecule has 1 fully saturated rings. The molecule has 2 aromatic rings. The third kappa shape index (κ3) is 5.34.